The molecule has 0 bridgehead atoms. The maximum absolute atomic E-state index is 13.3. The molecule has 0 N–H and O–H groups in total. The Bertz CT molecular complexity index is 520. The number of aliphatic imine (C=N–C) groups is 1. The number of nitro benzene ring substituents is 1. The van der Waals surface area contributed by atoms with Crippen LogP contribution in [-0.2, 0) is 0 Å². The number of nitrogens with zero attached hydrogens (tertiary/aromatic N) is 4. The highest BCUT2D eigenvalue weighted by atomic mass is 19.1. The van der Waals surface area contributed by atoms with Gasteiger partial charge < -0.3 is 4.90 Å². The van der Waals surface area contributed by atoms with E-state index in [4.69, 9.17) is 5.26 Å². The monoisotopic (exact) mass is 236 g/mol. The fourth-order valence-electron chi connectivity index (χ4n) is 1.07. The van der Waals surface area contributed by atoms with Gasteiger partial charge in [0.25, 0.3) is 0 Å². The molecule has 0 aliphatic rings. The van der Waals surface area contributed by atoms with Gasteiger partial charge in [0.2, 0.25) is 5.82 Å². The molecule has 1 aromatic rings. The van der Waals surface area contributed by atoms with E-state index in [0.717, 1.165) is 12.1 Å². The summed E-state index contributed by atoms with van der Waals surface area (Å²) in [4.78, 5) is 15.0. The van der Waals surface area contributed by atoms with Crippen LogP contribution in [0.25, 0.3) is 0 Å². The number of hydrogen-bond donors (Lipinski definition) is 0. The van der Waals surface area contributed by atoms with Gasteiger partial charge in [-0.3, -0.25) is 10.1 Å². The molecule has 0 unspecified atom stereocenters. The lowest BCUT2D eigenvalue weighted by Gasteiger charge is -2.03. The molecule has 0 fully saturated rings. The van der Waals surface area contributed by atoms with Crippen LogP contribution >= 0.6 is 0 Å². The first-order valence-corrected chi connectivity index (χ1v) is 4.54. The molecule has 0 radical (unpaired) electrons. The summed E-state index contributed by atoms with van der Waals surface area (Å²) in [5.74, 6) is -1.01. The van der Waals surface area contributed by atoms with Gasteiger partial charge in [0.05, 0.1) is 22.5 Å². The fourth-order valence-corrected chi connectivity index (χ4v) is 1.07. The number of nitriles is 1. The number of hydrogen-bond acceptors (Lipinski definition) is 4. The van der Waals surface area contributed by atoms with Crippen LogP contribution in [0, 0.1) is 27.3 Å². The second-order valence-corrected chi connectivity index (χ2v) is 3.40. The second kappa shape index (κ2) is 5.03. The Labute approximate surface area is 96.8 Å². The van der Waals surface area contributed by atoms with E-state index >= 15 is 0 Å². The van der Waals surface area contributed by atoms with E-state index in [-0.39, 0.29) is 11.3 Å². The average molecular weight is 236 g/mol. The van der Waals surface area contributed by atoms with Crippen molar-refractivity contribution in [2.75, 3.05) is 14.1 Å². The molecule has 0 heterocycles. The Morgan fingerprint density at radius 3 is 2.71 bits per heavy atom. The zero-order chi connectivity index (χ0) is 13.0. The molecule has 0 amide bonds. The van der Waals surface area contributed by atoms with E-state index < -0.39 is 16.4 Å². The van der Waals surface area contributed by atoms with Crippen molar-refractivity contribution in [3.05, 3.63) is 33.6 Å². The minimum absolute atomic E-state index is 0.0452. The summed E-state index contributed by atoms with van der Waals surface area (Å²) in [6, 6.07) is 3.48. The highest BCUT2D eigenvalue weighted by molar-refractivity contribution is 5.66. The first kappa shape index (κ1) is 12.6. The molecular formula is C10H9FN4O2. The molecule has 88 valence electrons. The van der Waals surface area contributed by atoms with Gasteiger partial charge in [-0.1, -0.05) is 0 Å². The summed E-state index contributed by atoms with van der Waals surface area (Å²) in [6.07, 6.45) is 1.38. The number of nitro groups is 1. The molecule has 6 nitrogen and oxygen atoms in total. The van der Waals surface area contributed by atoms with Crippen molar-refractivity contribution in [2.45, 2.75) is 0 Å². The van der Waals surface area contributed by atoms with Gasteiger partial charge in [-0.15, -0.1) is 0 Å². The third-order valence-corrected chi connectivity index (χ3v) is 1.81. The number of benzene rings is 1. The minimum atomic E-state index is -1.01. The van der Waals surface area contributed by atoms with Crippen LogP contribution < -0.4 is 0 Å². The van der Waals surface area contributed by atoms with E-state index in [1.807, 2.05) is 0 Å². The highest BCUT2D eigenvalue weighted by Crippen LogP contribution is 2.27. The summed E-state index contributed by atoms with van der Waals surface area (Å²) < 4.78 is 13.3. The third kappa shape index (κ3) is 2.98. The van der Waals surface area contributed by atoms with Crippen LogP contribution in [-0.4, -0.2) is 30.3 Å². The van der Waals surface area contributed by atoms with E-state index in [1.165, 1.54) is 6.34 Å². The molecule has 0 atom stereocenters. The van der Waals surface area contributed by atoms with Gasteiger partial charge in [-0.25, -0.2) is 4.99 Å². The predicted octanol–water partition coefficient (Wildman–Crippen LogP) is 1.83. The molecule has 0 spiro atoms. The molecular weight excluding hydrogens is 227 g/mol. The van der Waals surface area contributed by atoms with Crippen molar-refractivity contribution in [1.82, 2.24) is 4.90 Å². The normalized spacial score (nSPS) is 10.2. The maximum Gasteiger partial charge on any atom is 0.306 e. The number of rotatable bonds is 3. The van der Waals surface area contributed by atoms with Gasteiger partial charge in [0, 0.05) is 26.2 Å². The smallest absolute Gasteiger partial charge is 0.306 e. The van der Waals surface area contributed by atoms with Crippen molar-refractivity contribution >= 4 is 17.7 Å². The Morgan fingerprint density at radius 2 is 2.24 bits per heavy atom. The molecule has 0 saturated carbocycles. The van der Waals surface area contributed by atoms with E-state index in [1.54, 1.807) is 25.1 Å². The molecule has 17 heavy (non-hydrogen) atoms. The summed E-state index contributed by atoms with van der Waals surface area (Å²) in [5.41, 5.74) is -0.717. The quantitative estimate of drug-likeness (QED) is 0.347. The topological polar surface area (TPSA) is 82.5 Å². The lowest BCUT2D eigenvalue weighted by molar-refractivity contribution is -0.387. The molecule has 0 aliphatic heterocycles. The Hall–Kier alpha value is -2.49. The van der Waals surface area contributed by atoms with Crippen LogP contribution in [0.2, 0.25) is 0 Å². The first-order valence-electron chi connectivity index (χ1n) is 4.54. The van der Waals surface area contributed by atoms with E-state index in [2.05, 4.69) is 4.99 Å². The van der Waals surface area contributed by atoms with Crippen molar-refractivity contribution in [1.29, 1.82) is 5.26 Å². The molecule has 0 aliphatic carbocycles. The molecule has 0 saturated heterocycles. The Morgan fingerprint density at radius 1 is 1.59 bits per heavy atom. The second-order valence-electron chi connectivity index (χ2n) is 3.40. The zero-order valence-corrected chi connectivity index (χ0v) is 9.22. The van der Waals surface area contributed by atoms with E-state index in [0.29, 0.717) is 0 Å². The van der Waals surface area contributed by atoms with Crippen LogP contribution in [0.5, 0.6) is 0 Å². The lowest BCUT2D eigenvalue weighted by atomic mass is 10.1. The summed E-state index contributed by atoms with van der Waals surface area (Å²) in [7, 11) is 3.41. The highest BCUT2D eigenvalue weighted by Gasteiger charge is 2.17. The van der Waals surface area contributed by atoms with Gasteiger partial charge in [-0.05, 0) is 0 Å². The first-order chi connectivity index (χ1) is 7.95. The van der Waals surface area contributed by atoms with Gasteiger partial charge in [0.1, 0.15) is 6.07 Å². The fraction of sp³-hybridized carbons (Fsp3) is 0.200. The van der Waals surface area contributed by atoms with E-state index in [9.17, 15) is 14.5 Å². The largest absolute Gasteiger partial charge is 0.369 e. The molecule has 1 aromatic carbocycles. The molecule has 0 aromatic heterocycles. The molecule has 7 heteroatoms. The van der Waals surface area contributed by atoms with Crippen LogP contribution in [0.3, 0.4) is 0 Å². The average Bonchev–Trinajstić information content (AvgIpc) is 2.25. The van der Waals surface area contributed by atoms with Gasteiger partial charge >= 0.3 is 5.69 Å². The summed E-state index contributed by atoms with van der Waals surface area (Å²) in [5, 5.41) is 19.3. The number of halogens is 1. The third-order valence-electron chi connectivity index (χ3n) is 1.81. The van der Waals surface area contributed by atoms with Crippen molar-refractivity contribution in [3.63, 3.8) is 0 Å². The van der Waals surface area contributed by atoms with Gasteiger partial charge in [0.15, 0.2) is 0 Å². The van der Waals surface area contributed by atoms with Crippen molar-refractivity contribution in [3.8, 4) is 6.07 Å². The van der Waals surface area contributed by atoms with Gasteiger partial charge in [-0.2, -0.15) is 9.65 Å². The standard InChI is InChI=1S/C10H9FN4O2/c1-14(2)6-13-9-4-8(11)10(15(16)17)3-7(9)5-12/h3-4,6H,1-2H3/b13-6+. The van der Waals surface area contributed by atoms with Crippen LogP contribution in [0.4, 0.5) is 15.8 Å². The lowest BCUT2D eigenvalue weighted by Crippen LogP contribution is -2.07. The summed E-state index contributed by atoms with van der Waals surface area (Å²) in [6.45, 7) is 0. The summed E-state index contributed by atoms with van der Waals surface area (Å²) >= 11 is 0. The minimum Gasteiger partial charge on any atom is -0.369 e. The van der Waals surface area contributed by atoms with Crippen molar-refractivity contribution < 1.29 is 9.31 Å². The SMILES string of the molecule is CN(C)/C=N/c1cc(F)c([N+](=O)[O-])cc1C#N. The van der Waals surface area contributed by atoms with Crippen LogP contribution in [0.15, 0.2) is 17.1 Å². The van der Waals surface area contributed by atoms with Crippen LogP contribution in [0.1, 0.15) is 5.56 Å². The maximum atomic E-state index is 13.3. The predicted molar refractivity (Wildman–Crippen MR) is 59.6 cm³/mol. The zero-order valence-electron chi connectivity index (χ0n) is 9.22. The van der Waals surface area contributed by atoms with Crippen molar-refractivity contribution in [2.24, 2.45) is 4.99 Å². The Kier molecular flexibility index (Phi) is 3.72. The molecule has 1 rings (SSSR count). The Balaban J connectivity index is 3.30.